The molecular formula is C26H32N2O5. The average molecular weight is 453 g/mol. The van der Waals surface area contributed by atoms with Gasteiger partial charge in [-0.3, -0.25) is 9.69 Å². The number of esters is 1. The van der Waals surface area contributed by atoms with Crippen molar-refractivity contribution in [3.05, 3.63) is 65.2 Å². The van der Waals surface area contributed by atoms with Gasteiger partial charge in [-0.05, 0) is 44.5 Å². The summed E-state index contributed by atoms with van der Waals surface area (Å²) in [6, 6.07) is 14.9. The van der Waals surface area contributed by atoms with Crippen LogP contribution >= 0.6 is 0 Å². The molecule has 1 amide bonds. The van der Waals surface area contributed by atoms with Crippen molar-refractivity contribution in [1.29, 1.82) is 0 Å². The zero-order valence-electron chi connectivity index (χ0n) is 19.5. The van der Waals surface area contributed by atoms with E-state index in [2.05, 4.69) is 24.1 Å². The zero-order chi connectivity index (χ0) is 23.4. The lowest BCUT2D eigenvalue weighted by Crippen LogP contribution is -2.44. The molecule has 7 heteroatoms. The third-order valence-electron chi connectivity index (χ3n) is 6.02. The quantitative estimate of drug-likeness (QED) is 0.677. The SMILES string of the molecule is CC1CN(Cc2ccc(C(=O)OC(C)C(=O)NC3CCOc4ccccc43)cc2)CC(C)O1. The highest BCUT2D eigenvalue weighted by Gasteiger charge is 2.27. The molecule has 2 aromatic rings. The molecule has 2 aliphatic heterocycles. The fourth-order valence-electron chi connectivity index (χ4n) is 4.48. The summed E-state index contributed by atoms with van der Waals surface area (Å²) >= 11 is 0. The van der Waals surface area contributed by atoms with E-state index in [1.165, 1.54) is 0 Å². The topological polar surface area (TPSA) is 77.1 Å². The van der Waals surface area contributed by atoms with E-state index in [-0.39, 0.29) is 24.2 Å². The van der Waals surface area contributed by atoms with Gasteiger partial charge in [0.05, 0.1) is 30.4 Å². The Morgan fingerprint density at radius 2 is 1.79 bits per heavy atom. The molecule has 2 aliphatic rings. The summed E-state index contributed by atoms with van der Waals surface area (Å²) in [6.45, 7) is 8.87. The van der Waals surface area contributed by atoms with Gasteiger partial charge in [0.25, 0.3) is 5.91 Å². The van der Waals surface area contributed by atoms with Crippen molar-refractivity contribution in [2.24, 2.45) is 0 Å². The maximum atomic E-state index is 12.7. The van der Waals surface area contributed by atoms with Gasteiger partial charge in [-0.1, -0.05) is 30.3 Å². The van der Waals surface area contributed by atoms with E-state index < -0.39 is 12.1 Å². The number of benzene rings is 2. The molecule has 33 heavy (non-hydrogen) atoms. The summed E-state index contributed by atoms with van der Waals surface area (Å²) in [7, 11) is 0. The monoisotopic (exact) mass is 452 g/mol. The minimum atomic E-state index is -0.900. The van der Waals surface area contributed by atoms with Crippen LogP contribution in [0.15, 0.2) is 48.5 Å². The van der Waals surface area contributed by atoms with Crippen molar-refractivity contribution in [2.45, 2.75) is 58.1 Å². The lowest BCUT2D eigenvalue weighted by molar-refractivity contribution is -0.130. The lowest BCUT2D eigenvalue weighted by Gasteiger charge is -2.35. The summed E-state index contributed by atoms with van der Waals surface area (Å²) in [5, 5.41) is 2.98. The van der Waals surface area contributed by atoms with Crippen LogP contribution in [0.4, 0.5) is 0 Å². The van der Waals surface area contributed by atoms with Gasteiger partial charge < -0.3 is 19.5 Å². The van der Waals surface area contributed by atoms with Gasteiger partial charge >= 0.3 is 5.97 Å². The first-order valence-corrected chi connectivity index (χ1v) is 11.6. The van der Waals surface area contributed by atoms with Crippen LogP contribution in [-0.2, 0) is 20.8 Å². The number of ether oxygens (including phenoxy) is 3. The number of hydrogen-bond acceptors (Lipinski definition) is 6. The van der Waals surface area contributed by atoms with E-state index in [1.807, 2.05) is 36.4 Å². The number of rotatable bonds is 6. The maximum absolute atomic E-state index is 12.7. The van der Waals surface area contributed by atoms with Crippen molar-refractivity contribution in [1.82, 2.24) is 10.2 Å². The van der Waals surface area contributed by atoms with Gasteiger partial charge in [-0.2, -0.15) is 0 Å². The number of hydrogen-bond donors (Lipinski definition) is 1. The third-order valence-corrected chi connectivity index (χ3v) is 6.02. The number of amides is 1. The van der Waals surface area contributed by atoms with Gasteiger partial charge in [0, 0.05) is 31.6 Å². The second-order valence-electron chi connectivity index (χ2n) is 8.93. The summed E-state index contributed by atoms with van der Waals surface area (Å²) < 4.78 is 16.9. The van der Waals surface area contributed by atoms with Gasteiger partial charge in [0.2, 0.25) is 0 Å². The fraction of sp³-hybridized carbons (Fsp3) is 0.462. The molecule has 4 unspecified atom stereocenters. The second kappa shape index (κ2) is 10.4. The standard InChI is InChI=1S/C26H32N2O5/c1-17-14-28(15-18(2)32-17)16-20-8-10-21(11-9-20)26(30)33-19(3)25(29)27-23-12-13-31-24-7-5-4-6-22(23)24/h4-11,17-19,23H,12-16H2,1-3H3,(H,27,29). The van der Waals surface area contributed by atoms with Crippen molar-refractivity contribution >= 4 is 11.9 Å². The number of fused-ring (bicyclic) bond motifs is 1. The predicted molar refractivity (Wildman–Crippen MR) is 124 cm³/mol. The van der Waals surface area contributed by atoms with Crippen LogP contribution in [0, 0.1) is 0 Å². The van der Waals surface area contributed by atoms with Gasteiger partial charge in [-0.15, -0.1) is 0 Å². The molecular weight excluding hydrogens is 420 g/mol. The molecule has 4 rings (SSSR count). The number of nitrogens with zero attached hydrogens (tertiary/aromatic N) is 1. The minimum absolute atomic E-state index is 0.159. The second-order valence-corrected chi connectivity index (χ2v) is 8.93. The van der Waals surface area contributed by atoms with Crippen molar-refractivity contribution < 1.29 is 23.8 Å². The van der Waals surface area contributed by atoms with Crippen LogP contribution in [0.25, 0.3) is 0 Å². The smallest absolute Gasteiger partial charge is 0.338 e. The normalized spacial score (nSPS) is 23.7. The average Bonchev–Trinajstić information content (AvgIpc) is 2.79. The molecule has 0 aromatic heterocycles. The first kappa shape index (κ1) is 23.3. The Morgan fingerprint density at radius 1 is 1.09 bits per heavy atom. The predicted octanol–water partition coefficient (Wildman–Crippen LogP) is 3.48. The molecule has 0 saturated carbocycles. The van der Waals surface area contributed by atoms with Crippen LogP contribution < -0.4 is 10.1 Å². The number of carbonyl (C=O) groups excluding carboxylic acids is 2. The molecule has 0 bridgehead atoms. The van der Waals surface area contributed by atoms with Gasteiger partial charge in [0.15, 0.2) is 6.10 Å². The molecule has 7 nitrogen and oxygen atoms in total. The highest BCUT2D eigenvalue weighted by molar-refractivity contribution is 5.92. The van der Waals surface area contributed by atoms with E-state index >= 15 is 0 Å². The Bertz CT molecular complexity index is 967. The maximum Gasteiger partial charge on any atom is 0.338 e. The molecule has 0 aliphatic carbocycles. The van der Waals surface area contributed by atoms with Gasteiger partial charge in [0.1, 0.15) is 5.75 Å². The van der Waals surface area contributed by atoms with E-state index in [0.717, 1.165) is 36.5 Å². The van der Waals surface area contributed by atoms with E-state index in [1.54, 1.807) is 19.1 Å². The number of morpholine rings is 1. The van der Waals surface area contributed by atoms with Crippen molar-refractivity contribution in [2.75, 3.05) is 19.7 Å². The molecule has 0 radical (unpaired) electrons. The molecule has 176 valence electrons. The number of carbonyl (C=O) groups is 2. The molecule has 1 saturated heterocycles. The molecule has 2 aromatic carbocycles. The number of para-hydroxylation sites is 1. The fourth-order valence-corrected chi connectivity index (χ4v) is 4.48. The van der Waals surface area contributed by atoms with Crippen molar-refractivity contribution in [3.63, 3.8) is 0 Å². The molecule has 2 heterocycles. The first-order chi connectivity index (χ1) is 15.9. The molecule has 4 atom stereocenters. The largest absolute Gasteiger partial charge is 0.493 e. The Labute approximate surface area is 195 Å². The Balaban J connectivity index is 1.30. The van der Waals surface area contributed by atoms with Crippen LogP contribution in [0.3, 0.4) is 0 Å². The van der Waals surface area contributed by atoms with Crippen LogP contribution in [-0.4, -0.2) is 54.8 Å². The molecule has 1 N–H and O–H groups in total. The van der Waals surface area contributed by atoms with E-state index in [4.69, 9.17) is 14.2 Å². The first-order valence-electron chi connectivity index (χ1n) is 11.6. The van der Waals surface area contributed by atoms with Crippen LogP contribution in [0.2, 0.25) is 0 Å². The Kier molecular flexibility index (Phi) is 7.30. The Hall–Kier alpha value is -2.90. The zero-order valence-corrected chi connectivity index (χ0v) is 19.5. The summed E-state index contributed by atoms with van der Waals surface area (Å²) in [6.07, 6.45) is 0.199. The van der Waals surface area contributed by atoms with Gasteiger partial charge in [-0.25, -0.2) is 4.79 Å². The summed E-state index contributed by atoms with van der Waals surface area (Å²) in [5.74, 6) is -0.0535. The lowest BCUT2D eigenvalue weighted by atomic mass is 10.0. The van der Waals surface area contributed by atoms with Crippen LogP contribution in [0.5, 0.6) is 5.75 Å². The Morgan fingerprint density at radius 3 is 2.52 bits per heavy atom. The summed E-state index contributed by atoms with van der Waals surface area (Å²) in [4.78, 5) is 27.6. The third kappa shape index (κ3) is 5.92. The molecule has 1 fully saturated rings. The van der Waals surface area contributed by atoms with Crippen LogP contribution in [0.1, 0.15) is 54.7 Å². The number of nitrogens with one attached hydrogen (secondary N) is 1. The summed E-state index contributed by atoms with van der Waals surface area (Å²) in [5.41, 5.74) is 2.49. The minimum Gasteiger partial charge on any atom is -0.493 e. The molecule has 0 spiro atoms. The van der Waals surface area contributed by atoms with Crippen molar-refractivity contribution in [3.8, 4) is 5.75 Å². The highest BCUT2D eigenvalue weighted by atomic mass is 16.5. The highest BCUT2D eigenvalue weighted by Crippen LogP contribution is 2.31. The van der Waals surface area contributed by atoms with E-state index in [0.29, 0.717) is 18.6 Å². The van der Waals surface area contributed by atoms with E-state index in [9.17, 15) is 9.59 Å².